The highest BCUT2D eigenvalue weighted by Crippen LogP contribution is 2.31. The summed E-state index contributed by atoms with van der Waals surface area (Å²) in [6, 6.07) is 5.07. The standard InChI is InChI=1S/C13H17N3O3/c1-8(17)15-11-4-3-10(6-12(11)19-2)16-7-9(14)5-13(16)18/h3-4,6,9H,5,7,14H2,1-2H3,(H,15,17). The van der Waals surface area contributed by atoms with E-state index in [0.717, 1.165) is 5.69 Å². The van der Waals surface area contributed by atoms with Crippen molar-refractivity contribution in [2.45, 2.75) is 19.4 Å². The van der Waals surface area contributed by atoms with Crippen molar-refractivity contribution in [1.82, 2.24) is 0 Å². The first-order valence-electron chi connectivity index (χ1n) is 6.03. The number of benzene rings is 1. The van der Waals surface area contributed by atoms with Gasteiger partial charge < -0.3 is 20.7 Å². The highest BCUT2D eigenvalue weighted by Gasteiger charge is 2.28. The Morgan fingerprint density at radius 1 is 1.53 bits per heavy atom. The van der Waals surface area contributed by atoms with Crippen LogP contribution in [0.4, 0.5) is 11.4 Å². The Kier molecular flexibility index (Phi) is 3.71. The first-order chi connectivity index (χ1) is 9.01. The van der Waals surface area contributed by atoms with Crippen molar-refractivity contribution in [3.8, 4) is 5.75 Å². The van der Waals surface area contributed by atoms with E-state index in [1.807, 2.05) is 0 Å². The summed E-state index contributed by atoms with van der Waals surface area (Å²) in [6.45, 7) is 1.93. The Morgan fingerprint density at radius 2 is 2.26 bits per heavy atom. The van der Waals surface area contributed by atoms with Gasteiger partial charge in [-0.15, -0.1) is 0 Å². The van der Waals surface area contributed by atoms with E-state index in [1.165, 1.54) is 14.0 Å². The van der Waals surface area contributed by atoms with E-state index in [0.29, 0.717) is 24.4 Å². The number of methoxy groups -OCH3 is 1. The van der Waals surface area contributed by atoms with Crippen LogP contribution in [0.2, 0.25) is 0 Å². The molecule has 0 aliphatic carbocycles. The van der Waals surface area contributed by atoms with Gasteiger partial charge in [0.1, 0.15) is 5.75 Å². The lowest BCUT2D eigenvalue weighted by Crippen LogP contribution is -2.27. The molecule has 1 unspecified atom stereocenters. The molecule has 1 aliphatic rings. The van der Waals surface area contributed by atoms with Crippen molar-refractivity contribution < 1.29 is 14.3 Å². The number of hydrogen-bond donors (Lipinski definition) is 2. The monoisotopic (exact) mass is 263 g/mol. The van der Waals surface area contributed by atoms with E-state index >= 15 is 0 Å². The molecule has 3 N–H and O–H groups in total. The number of ether oxygens (including phenoxy) is 1. The lowest BCUT2D eigenvalue weighted by Gasteiger charge is -2.18. The Labute approximate surface area is 111 Å². The summed E-state index contributed by atoms with van der Waals surface area (Å²) in [5.74, 6) is 0.341. The van der Waals surface area contributed by atoms with Crippen LogP contribution in [0, 0.1) is 0 Å². The second-order valence-corrected chi connectivity index (χ2v) is 4.53. The highest BCUT2D eigenvalue weighted by molar-refractivity contribution is 5.97. The van der Waals surface area contributed by atoms with Crippen LogP contribution < -0.4 is 20.7 Å². The fourth-order valence-electron chi connectivity index (χ4n) is 2.13. The zero-order valence-electron chi connectivity index (χ0n) is 11.0. The van der Waals surface area contributed by atoms with Crippen molar-refractivity contribution in [1.29, 1.82) is 0 Å². The van der Waals surface area contributed by atoms with Gasteiger partial charge in [0.25, 0.3) is 0 Å². The average molecular weight is 263 g/mol. The fourth-order valence-corrected chi connectivity index (χ4v) is 2.13. The summed E-state index contributed by atoms with van der Waals surface area (Å²) < 4.78 is 5.22. The molecule has 0 aromatic heterocycles. The number of carbonyl (C=O) groups excluding carboxylic acids is 2. The Bertz CT molecular complexity index is 516. The smallest absolute Gasteiger partial charge is 0.228 e. The number of amides is 2. The van der Waals surface area contributed by atoms with E-state index in [9.17, 15) is 9.59 Å². The molecular weight excluding hydrogens is 246 g/mol. The molecule has 2 rings (SSSR count). The second-order valence-electron chi connectivity index (χ2n) is 4.53. The molecule has 102 valence electrons. The van der Waals surface area contributed by atoms with Gasteiger partial charge >= 0.3 is 0 Å². The van der Waals surface area contributed by atoms with Gasteiger partial charge in [-0.05, 0) is 12.1 Å². The van der Waals surface area contributed by atoms with Crippen LogP contribution in [0.15, 0.2) is 18.2 Å². The Balaban J connectivity index is 2.28. The minimum atomic E-state index is -0.176. The van der Waals surface area contributed by atoms with Gasteiger partial charge in [-0.2, -0.15) is 0 Å². The normalized spacial score (nSPS) is 18.6. The van der Waals surface area contributed by atoms with Crippen LogP contribution in [-0.2, 0) is 9.59 Å². The van der Waals surface area contributed by atoms with Crippen LogP contribution in [0.1, 0.15) is 13.3 Å². The Morgan fingerprint density at radius 3 is 2.79 bits per heavy atom. The molecule has 6 nitrogen and oxygen atoms in total. The summed E-state index contributed by atoms with van der Waals surface area (Å²) in [5.41, 5.74) is 7.07. The first-order valence-corrected chi connectivity index (χ1v) is 6.03. The van der Waals surface area contributed by atoms with E-state index in [2.05, 4.69) is 5.32 Å². The number of nitrogens with two attached hydrogens (primary N) is 1. The SMILES string of the molecule is COc1cc(N2CC(N)CC2=O)ccc1NC(C)=O. The van der Waals surface area contributed by atoms with E-state index in [1.54, 1.807) is 23.1 Å². The topological polar surface area (TPSA) is 84.7 Å². The van der Waals surface area contributed by atoms with Crippen molar-refractivity contribution in [3.05, 3.63) is 18.2 Å². The molecule has 0 bridgehead atoms. The predicted molar refractivity (Wildman–Crippen MR) is 72.2 cm³/mol. The summed E-state index contributed by atoms with van der Waals surface area (Å²) in [5, 5.41) is 2.67. The number of nitrogens with one attached hydrogen (secondary N) is 1. The first kappa shape index (κ1) is 13.4. The maximum atomic E-state index is 11.8. The zero-order valence-corrected chi connectivity index (χ0v) is 11.0. The molecule has 1 heterocycles. The van der Waals surface area contributed by atoms with Gasteiger partial charge in [0, 0.05) is 37.7 Å². The minimum Gasteiger partial charge on any atom is -0.494 e. The third-order valence-corrected chi connectivity index (χ3v) is 2.96. The van der Waals surface area contributed by atoms with Crippen LogP contribution in [0.25, 0.3) is 0 Å². The zero-order chi connectivity index (χ0) is 14.0. The molecule has 0 spiro atoms. The highest BCUT2D eigenvalue weighted by atomic mass is 16.5. The van der Waals surface area contributed by atoms with Crippen molar-refractivity contribution >= 4 is 23.2 Å². The fraction of sp³-hybridized carbons (Fsp3) is 0.385. The van der Waals surface area contributed by atoms with Crippen LogP contribution in [0.5, 0.6) is 5.75 Å². The van der Waals surface area contributed by atoms with Gasteiger partial charge in [-0.3, -0.25) is 9.59 Å². The van der Waals surface area contributed by atoms with Crippen molar-refractivity contribution in [2.75, 3.05) is 23.9 Å². The minimum absolute atomic E-state index is 0.00169. The van der Waals surface area contributed by atoms with Gasteiger partial charge in [0.05, 0.1) is 12.8 Å². The third kappa shape index (κ3) is 2.85. The average Bonchev–Trinajstić information content (AvgIpc) is 2.68. The quantitative estimate of drug-likeness (QED) is 0.841. The summed E-state index contributed by atoms with van der Waals surface area (Å²) in [4.78, 5) is 24.5. The molecule has 6 heteroatoms. The maximum absolute atomic E-state index is 11.8. The molecule has 1 fully saturated rings. The third-order valence-electron chi connectivity index (χ3n) is 2.96. The van der Waals surface area contributed by atoms with Crippen LogP contribution in [0.3, 0.4) is 0 Å². The van der Waals surface area contributed by atoms with Crippen molar-refractivity contribution in [2.24, 2.45) is 5.73 Å². The molecule has 1 aromatic carbocycles. The van der Waals surface area contributed by atoms with Gasteiger partial charge in [-0.1, -0.05) is 0 Å². The van der Waals surface area contributed by atoms with Gasteiger partial charge in [-0.25, -0.2) is 0 Å². The van der Waals surface area contributed by atoms with E-state index < -0.39 is 0 Å². The lowest BCUT2D eigenvalue weighted by molar-refractivity contribution is -0.117. The number of anilines is 2. The summed E-state index contributed by atoms with van der Waals surface area (Å²) >= 11 is 0. The summed E-state index contributed by atoms with van der Waals surface area (Å²) in [7, 11) is 1.52. The summed E-state index contributed by atoms with van der Waals surface area (Å²) in [6.07, 6.45) is 0.357. The van der Waals surface area contributed by atoms with Crippen LogP contribution >= 0.6 is 0 Å². The Hall–Kier alpha value is -2.08. The maximum Gasteiger partial charge on any atom is 0.228 e. The number of carbonyl (C=O) groups is 2. The lowest BCUT2D eigenvalue weighted by atomic mass is 10.2. The molecule has 0 saturated carbocycles. The molecule has 2 amide bonds. The predicted octanol–water partition coefficient (Wildman–Crippen LogP) is 0.718. The van der Waals surface area contributed by atoms with Gasteiger partial charge in [0.15, 0.2) is 0 Å². The van der Waals surface area contributed by atoms with Crippen LogP contribution in [-0.4, -0.2) is 31.5 Å². The molecule has 19 heavy (non-hydrogen) atoms. The number of hydrogen-bond acceptors (Lipinski definition) is 4. The largest absolute Gasteiger partial charge is 0.494 e. The molecular formula is C13H17N3O3. The molecule has 1 atom stereocenters. The van der Waals surface area contributed by atoms with E-state index in [4.69, 9.17) is 10.5 Å². The molecule has 1 aliphatic heterocycles. The molecule has 0 radical (unpaired) electrons. The molecule has 1 saturated heterocycles. The van der Waals surface area contributed by atoms with Crippen molar-refractivity contribution in [3.63, 3.8) is 0 Å². The second kappa shape index (κ2) is 5.27. The molecule has 1 aromatic rings. The number of rotatable bonds is 3. The van der Waals surface area contributed by atoms with Gasteiger partial charge in [0.2, 0.25) is 11.8 Å². The van der Waals surface area contributed by atoms with E-state index in [-0.39, 0.29) is 17.9 Å². The number of nitrogens with zero attached hydrogens (tertiary/aromatic N) is 1.